The van der Waals surface area contributed by atoms with Crippen LogP contribution in [-0.4, -0.2) is 45.7 Å². The van der Waals surface area contributed by atoms with E-state index in [1.807, 2.05) is 0 Å². The molecular weight excluding hydrogens is 443 g/mol. The molecule has 0 unspecified atom stereocenters. The highest BCUT2D eigenvalue weighted by Crippen LogP contribution is 2.42. The van der Waals surface area contributed by atoms with E-state index in [0.717, 1.165) is 0 Å². The molecule has 0 aromatic carbocycles. The first-order valence-electron chi connectivity index (χ1n) is 4.02. The van der Waals surface area contributed by atoms with E-state index < -0.39 is 50.0 Å². The maximum atomic E-state index is 12.1. The minimum atomic E-state index is -7.94. The highest BCUT2D eigenvalue weighted by Gasteiger charge is 2.73. The Labute approximate surface area is 128 Å². The summed E-state index contributed by atoms with van der Waals surface area (Å²) in [6, 6.07) is 0. The quantitative estimate of drug-likeness (QED) is 0.604. The molecule has 0 fully saturated rings. The maximum absolute atomic E-state index is 12.1. The molecule has 0 aromatic heterocycles. The predicted molar refractivity (Wildman–Crippen MR) is 59.1 cm³/mol. The smallest absolute Gasteiger partial charge is 0.217 e. The second-order valence-electron chi connectivity index (χ2n) is 3.26. The van der Waals surface area contributed by atoms with E-state index in [4.69, 9.17) is 0 Å². The Morgan fingerprint density at radius 3 is 0.696 bits per heavy atom. The summed E-state index contributed by atoms with van der Waals surface area (Å²) in [5, 5.41) is 0. The van der Waals surface area contributed by atoms with E-state index in [1.54, 1.807) is 0 Å². The second-order valence-corrected chi connectivity index (χ2v) is 10.2. The van der Waals surface area contributed by atoms with Crippen LogP contribution in [0.3, 0.4) is 0 Å². The molecule has 0 aliphatic rings. The molecule has 19 heteroatoms. The molecule has 0 saturated heterocycles. The predicted octanol–water partition coefficient (Wildman–Crippen LogP) is 1.19. The number of halogens is 9. The van der Waals surface area contributed by atoms with Gasteiger partial charge in [0, 0.05) is 0 Å². The third kappa shape index (κ3) is 4.16. The van der Waals surface area contributed by atoms with Crippen LogP contribution in [0, 0.1) is 0 Å². The summed E-state index contributed by atoms with van der Waals surface area (Å²) in [6.07, 6.45) is 0. The first-order valence-corrected chi connectivity index (χ1v) is 8.66. The van der Waals surface area contributed by atoms with Gasteiger partial charge in [-0.25, -0.2) is 25.3 Å². The molecule has 0 aliphatic heterocycles. The monoisotopic (exact) mass is 446 g/mol. The van der Waals surface area contributed by atoms with Gasteiger partial charge in [-0.15, -0.1) is 0 Å². The van der Waals surface area contributed by atoms with Crippen molar-refractivity contribution in [2.24, 2.45) is 0 Å². The Kier molecular flexibility index (Phi) is 6.62. The SMILES string of the molecule is O=S(=O)(C(S(=O)(=O)C(F)(F)F)S(=O)(=O)C(F)(F)F)C(F)(F)F.S. The summed E-state index contributed by atoms with van der Waals surface area (Å²) in [4.78, 5) is 0. The summed E-state index contributed by atoms with van der Waals surface area (Å²) >= 11 is 0. The van der Waals surface area contributed by atoms with Gasteiger partial charge in [0.2, 0.25) is 0 Å². The van der Waals surface area contributed by atoms with Crippen molar-refractivity contribution in [3.05, 3.63) is 0 Å². The van der Waals surface area contributed by atoms with Crippen LogP contribution in [0.2, 0.25) is 0 Å². The summed E-state index contributed by atoms with van der Waals surface area (Å²) in [7, 11) is -23.8. The Balaban J connectivity index is 0. The van der Waals surface area contributed by atoms with Crippen LogP contribution in [0.25, 0.3) is 0 Å². The van der Waals surface area contributed by atoms with E-state index in [2.05, 4.69) is 0 Å². The van der Waals surface area contributed by atoms with E-state index in [0.29, 0.717) is 0 Å². The minimum Gasteiger partial charge on any atom is -0.217 e. The van der Waals surface area contributed by atoms with Gasteiger partial charge in [-0.1, -0.05) is 0 Å². The molecule has 0 bridgehead atoms. The van der Waals surface area contributed by atoms with Crippen molar-refractivity contribution < 1.29 is 64.8 Å². The van der Waals surface area contributed by atoms with Crippen molar-refractivity contribution in [3.63, 3.8) is 0 Å². The van der Waals surface area contributed by atoms with E-state index in [9.17, 15) is 64.8 Å². The van der Waals surface area contributed by atoms with Crippen molar-refractivity contribution in [1.29, 1.82) is 0 Å². The summed E-state index contributed by atoms with van der Waals surface area (Å²) in [5.41, 5.74) is -21.1. The molecule has 0 amide bonds. The standard InChI is InChI=1S/C4HF9O6S3.H2S/c5-2(6,7)20(14,15)1(21(16,17)3(8,9)10)22(18,19)4(11,12)13;/h1H;1H2. The maximum Gasteiger partial charge on any atom is 0.499 e. The number of rotatable bonds is 3. The Hall–Kier alpha value is -0.430. The van der Waals surface area contributed by atoms with Crippen molar-refractivity contribution >= 4 is 43.0 Å². The zero-order chi connectivity index (χ0) is 18.6. The molecule has 0 aliphatic carbocycles. The molecule has 0 aromatic rings. The van der Waals surface area contributed by atoms with E-state index in [-0.39, 0.29) is 13.5 Å². The number of hydrogen-bond acceptors (Lipinski definition) is 6. The normalized spacial score (nSPS) is 15.4. The van der Waals surface area contributed by atoms with Crippen LogP contribution in [0.15, 0.2) is 0 Å². The lowest BCUT2D eigenvalue weighted by Gasteiger charge is -2.21. The Morgan fingerprint density at radius 2 is 0.609 bits per heavy atom. The largest absolute Gasteiger partial charge is 0.499 e. The van der Waals surface area contributed by atoms with Crippen molar-refractivity contribution in [2.45, 2.75) is 20.4 Å². The molecule has 6 nitrogen and oxygen atoms in total. The van der Waals surface area contributed by atoms with Crippen molar-refractivity contribution in [2.75, 3.05) is 0 Å². The van der Waals surface area contributed by atoms with Crippen LogP contribution in [-0.2, 0) is 29.5 Å². The topological polar surface area (TPSA) is 102 Å². The van der Waals surface area contributed by atoms with Crippen LogP contribution in [0.4, 0.5) is 39.5 Å². The molecule has 23 heavy (non-hydrogen) atoms. The summed E-state index contributed by atoms with van der Waals surface area (Å²) < 4.78 is 167. The van der Waals surface area contributed by atoms with Crippen LogP contribution >= 0.6 is 13.5 Å². The van der Waals surface area contributed by atoms with Crippen molar-refractivity contribution in [1.82, 2.24) is 0 Å². The minimum absolute atomic E-state index is 0. The third-order valence-electron chi connectivity index (χ3n) is 1.73. The fourth-order valence-electron chi connectivity index (χ4n) is 0.828. The second kappa shape index (κ2) is 6.14. The van der Waals surface area contributed by atoms with Crippen LogP contribution < -0.4 is 0 Å². The number of alkyl halides is 9. The molecule has 0 heterocycles. The molecule has 0 spiro atoms. The molecule has 0 N–H and O–H groups in total. The van der Waals surface area contributed by atoms with Gasteiger partial charge in [-0.3, -0.25) is 0 Å². The average Bonchev–Trinajstić information content (AvgIpc) is 2.09. The zero-order valence-corrected chi connectivity index (χ0v) is 13.1. The first-order chi connectivity index (χ1) is 9.12. The number of hydrogen-bond donors (Lipinski definition) is 0. The van der Waals surface area contributed by atoms with Crippen LogP contribution in [0.1, 0.15) is 0 Å². The molecule has 142 valence electrons. The zero-order valence-electron chi connectivity index (χ0n) is 9.65. The lowest BCUT2D eigenvalue weighted by atomic mass is 11.5. The molecule has 0 rings (SSSR count). The summed E-state index contributed by atoms with van der Waals surface area (Å²) in [6.45, 7) is 0. The number of sulfone groups is 3. The summed E-state index contributed by atoms with van der Waals surface area (Å²) in [5.74, 6) is 0. The lowest BCUT2D eigenvalue weighted by molar-refractivity contribution is -0.0490. The van der Waals surface area contributed by atoms with E-state index >= 15 is 0 Å². The Morgan fingerprint density at radius 1 is 0.478 bits per heavy atom. The van der Waals surface area contributed by atoms with Gasteiger partial charge in [0.15, 0.2) is 0 Å². The van der Waals surface area contributed by atoms with Gasteiger partial charge in [-0.05, 0) is 0 Å². The Bertz CT molecular complexity index is 631. The first kappa shape index (κ1) is 24.8. The molecule has 0 radical (unpaired) electrons. The van der Waals surface area contributed by atoms with Crippen LogP contribution in [0.5, 0.6) is 0 Å². The van der Waals surface area contributed by atoms with Crippen molar-refractivity contribution in [3.8, 4) is 0 Å². The fraction of sp³-hybridized carbons (Fsp3) is 1.00. The van der Waals surface area contributed by atoms with Gasteiger partial charge in [0.25, 0.3) is 33.4 Å². The molecular formula is C4H3F9O6S4. The van der Waals surface area contributed by atoms with Gasteiger partial charge in [0.05, 0.1) is 0 Å². The highest BCUT2D eigenvalue weighted by molar-refractivity contribution is 8.24. The van der Waals surface area contributed by atoms with Gasteiger partial charge >= 0.3 is 16.5 Å². The average molecular weight is 446 g/mol. The highest BCUT2D eigenvalue weighted by atomic mass is 32.3. The fourth-order valence-corrected chi connectivity index (χ4v) is 7.45. The van der Waals surface area contributed by atoms with E-state index in [1.165, 1.54) is 0 Å². The van der Waals surface area contributed by atoms with Gasteiger partial charge in [0.1, 0.15) is 0 Å². The molecule has 0 saturated carbocycles. The van der Waals surface area contributed by atoms with Gasteiger partial charge < -0.3 is 0 Å². The van der Waals surface area contributed by atoms with Gasteiger partial charge in [-0.2, -0.15) is 53.0 Å². The third-order valence-corrected chi connectivity index (χ3v) is 9.74. The lowest BCUT2D eigenvalue weighted by Crippen LogP contribution is -2.52. The molecule has 0 atom stereocenters.